The van der Waals surface area contributed by atoms with Gasteiger partial charge < -0.3 is 0 Å². The molecule has 0 saturated carbocycles. The van der Waals surface area contributed by atoms with E-state index in [9.17, 15) is 18.0 Å². The van der Waals surface area contributed by atoms with Crippen molar-refractivity contribution in [1.82, 2.24) is 0 Å². The van der Waals surface area contributed by atoms with Crippen LogP contribution in [0, 0.1) is 5.92 Å². The number of fused-ring (bicyclic) bond motifs is 1. The molecule has 2 rings (SSSR count). The van der Waals surface area contributed by atoms with E-state index in [0.29, 0.717) is 0 Å². The predicted molar refractivity (Wildman–Crippen MR) is 48.4 cm³/mol. The van der Waals surface area contributed by atoms with Gasteiger partial charge in [-0.15, -0.1) is 0 Å². The third-order valence-corrected chi connectivity index (χ3v) is 2.14. The number of allylic oxidation sites excluding steroid dienone is 5. The molecule has 1 heterocycles. The highest BCUT2D eigenvalue weighted by Gasteiger charge is 2.34. The minimum Gasteiger partial charge on any atom is -0.267 e. The molecule has 2 nitrogen and oxygen atoms in total. The van der Waals surface area contributed by atoms with Crippen molar-refractivity contribution in [1.29, 1.82) is 0 Å². The quantitative estimate of drug-likeness (QED) is 0.606. The molecule has 2 aliphatic rings. The summed E-state index contributed by atoms with van der Waals surface area (Å²) in [7, 11) is 0. The van der Waals surface area contributed by atoms with E-state index in [-0.39, 0.29) is 11.6 Å². The number of rotatable bonds is 0. The molecule has 1 amide bonds. The van der Waals surface area contributed by atoms with Gasteiger partial charge in [-0.2, -0.15) is 13.2 Å². The Bertz CT molecular complexity index is 426. The second kappa shape index (κ2) is 3.18. The van der Waals surface area contributed by atoms with Crippen molar-refractivity contribution in [2.45, 2.75) is 6.18 Å². The first-order valence-electron chi connectivity index (χ1n) is 4.24. The largest absolute Gasteiger partial charge is 0.416 e. The summed E-state index contributed by atoms with van der Waals surface area (Å²) < 4.78 is 37.0. The Morgan fingerprint density at radius 2 is 1.87 bits per heavy atom. The van der Waals surface area contributed by atoms with Gasteiger partial charge in [-0.25, -0.2) is 4.99 Å². The van der Waals surface area contributed by atoms with Crippen molar-refractivity contribution in [3.8, 4) is 0 Å². The highest BCUT2D eigenvalue weighted by atomic mass is 19.4. The zero-order chi connectivity index (χ0) is 11.1. The summed E-state index contributed by atoms with van der Waals surface area (Å²) >= 11 is 0. The molecule has 1 unspecified atom stereocenters. The molecule has 0 aromatic carbocycles. The van der Waals surface area contributed by atoms with Gasteiger partial charge in [0.15, 0.2) is 0 Å². The maximum Gasteiger partial charge on any atom is 0.416 e. The van der Waals surface area contributed by atoms with Crippen molar-refractivity contribution < 1.29 is 18.0 Å². The number of halogens is 3. The van der Waals surface area contributed by atoms with Gasteiger partial charge in [0.05, 0.1) is 11.3 Å². The minimum atomic E-state index is -4.39. The zero-order valence-electron chi connectivity index (χ0n) is 7.45. The second-order valence-corrected chi connectivity index (χ2v) is 3.22. The van der Waals surface area contributed by atoms with Crippen molar-refractivity contribution in [2.24, 2.45) is 10.9 Å². The van der Waals surface area contributed by atoms with Gasteiger partial charge in [0.1, 0.15) is 0 Å². The Morgan fingerprint density at radius 3 is 2.53 bits per heavy atom. The molecule has 15 heavy (non-hydrogen) atoms. The number of hydrogen-bond acceptors (Lipinski definition) is 1. The van der Waals surface area contributed by atoms with Gasteiger partial charge in [0, 0.05) is 12.0 Å². The van der Waals surface area contributed by atoms with Crippen LogP contribution in [0.2, 0.25) is 0 Å². The SMILES string of the molecule is O=C1C=CC2C=CC(C(F)(F)F)=CC2=N1. The first kappa shape index (κ1) is 9.89. The number of carbonyl (C=O) groups is 1. The lowest BCUT2D eigenvalue weighted by molar-refractivity contribution is -0.113. The number of dihydropyridines is 1. The fraction of sp³-hybridized carbons (Fsp3) is 0.200. The molecule has 0 N–H and O–H groups in total. The van der Waals surface area contributed by atoms with Crippen molar-refractivity contribution in [3.63, 3.8) is 0 Å². The lowest BCUT2D eigenvalue weighted by atomic mass is 9.92. The Morgan fingerprint density at radius 1 is 1.20 bits per heavy atom. The van der Waals surface area contributed by atoms with E-state index >= 15 is 0 Å². The standard InChI is InChI=1S/C10H6F3NO/c11-10(12,13)7-3-1-6-2-4-9(15)14-8(6)5-7/h1-6H. The highest BCUT2D eigenvalue weighted by Crippen LogP contribution is 2.31. The van der Waals surface area contributed by atoms with Gasteiger partial charge in [-0.3, -0.25) is 4.79 Å². The summed E-state index contributed by atoms with van der Waals surface area (Å²) in [4.78, 5) is 14.4. The summed E-state index contributed by atoms with van der Waals surface area (Å²) in [5.41, 5.74) is -0.627. The second-order valence-electron chi connectivity index (χ2n) is 3.22. The summed E-state index contributed by atoms with van der Waals surface area (Å²) in [5.74, 6) is -0.830. The lowest BCUT2D eigenvalue weighted by Crippen LogP contribution is -2.21. The maximum atomic E-state index is 12.3. The summed E-state index contributed by atoms with van der Waals surface area (Å²) in [6.07, 6.45) is 1.68. The number of aliphatic imine (C=N–C) groups is 1. The fourth-order valence-corrected chi connectivity index (χ4v) is 1.41. The number of alkyl halides is 3. The molecule has 5 heteroatoms. The Kier molecular flexibility index (Phi) is 2.10. The number of hydrogen-bond donors (Lipinski definition) is 0. The van der Waals surface area contributed by atoms with Crippen LogP contribution in [0.25, 0.3) is 0 Å². The maximum absolute atomic E-state index is 12.3. The van der Waals surface area contributed by atoms with E-state index < -0.39 is 17.7 Å². The van der Waals surface area contributed by atoms with E-state index in [0.717, 1.165) is 12.2 Å². The molecule has 0 fully saturated rings. The number of amides is 1. The third kappa shape index (κ3) is 1.91. The summed E-state index contributed by atoms with van der Waals surface area (Å²) in [6, 6.07) is 0. The van der Waals surface area contributed by atoms with Crippen molar-refractivity contribution in [2.75, 3.05) is 0 Å². The van der Waals surface area contributed by atoms with E-state index in [2.05, 4.69) is 4.99 Å². The third-order valence-electron chi connectivity index (χ3n) is 2.14. The molecule has 0 aromatic heterocycles. The van der Waals surface area contributed by atoms with E-state index in [1.54, 1.807) is 0 Å². The van der Waals surface area contributed by atoms with Crippen LogP contribution in [0.1, 0.15) is 0 Å². The molecule has 1 atom stereocenters. The van der Waals surface area contributed by atoms with Crippen molar-refractivity contribution >= 4 is 11.6 Å². The van der Waals surface area contributed by atoms with Gasteiger partial charge in [0.2, 0.25) is 0 Å². The lowest BCUT2D eigenvalue weighted by Gasteiger charge is -2.18. The first-order valence-corrected chi connectivity index (χ1v) is 4.24. The van der Waals surface area contributed by atoms with Crippen LogP contribution in [-0.4, -0.2) is 17.8 Å². The summed E-state index contributed by atoms with van der Waals surface area (Å²) in [5, 5.41) is 0. The van der Waals surface area contributed by atoms with Gasteiger partial charge in [0.25, 0.3) is 5.91 Å². The Labute approximate surface area is 83.5 Å². The molecule has 0 radical (unpaired) electrons. The molecule has 78 valence electrons. The predicted octanol–water partition coefficient (Wildman–Crippen LogP) is 2.20. The molecule has 1 aliphatic carbocycles. The van der Waals surface area contributed by atoms with E-state index in [1.165, 1.54) is 18.2 Å². The van der Waals surface area contributed by atoms with Crippen LogP contribution in [0.3, 0.4) is 0 Å². The van der Waals surface area contributed by atoms with E-state index in [1.807, 2.05) is 0 Å². The Balaban J connectivity index is 2.36. The average Bonchev–Trinajstić information content (AvgIpc) is 2.15. The van der Waals surface area contributed by atoms with Crippen molar-refractivity contribution in [3.05, 3.63) is 36.0 Å². The smallest absolute Gasteiger partial charge is 0.267 e. The Hall–Kier alpha value is -1.65. The van der Waals surface area contributed by atoms with Crippen LogP contribution < -0.4 is 0 Å². The van der Waals surface area contributed by atoms with Crippen LogP contribution >= 0.6 is 0 Å². The van der Waals surface area contributed by atoms with Crippen LogP contribution in [-0.2, 0) is 4.79 Å². The average molecular weight is 213 g/mol. The molecule has 0 aromatic rings. The molecule has 0 bridgehead atoms. The molecule has 0 spiro atoms. The first-order chi connectivity index (χ1) is 6.97. The molecule has 0 saturated heterocycles. The summed E-state index contributed by atoms with van der Waals surface area (Å²) in [6.45, 7) is 0. The van der Waals surface area contributed by atoms with Crippen LogP contribution in [0.4, 0.5) is 13.2 Å². The molecular weight excluding hydrogens is 207 g/mol. The van der Waals surface area contributed by atoms with E-state index in [4.69, 9.17) is 0 Å². The number of carbonyl (C=O) groups excluding carboxylic acids is 1. The molecule has 1 aliphatic heterocycles. The topological polar surface area (TPSA) is 29.4 Å². The van der Waals surface area contributed by atoms with Gasteiger partial charge in [-0.1, -0.05) is 18.2 Å². The fourth-order valence-electron chi connectivity index (χ4n) is 1.41. The molecular formula is C10H6F3NO. The van der Waals surface area contributed by atoms with Gasteiger partial charge in [-0.05, 0) is 6.08 Å². The van der Waals surface area contributed by atoms with Crippen LogP contribution in [0.5, 0.6) is 0 Å². The zero-order valence-corrected chi connectivity index (χ0v) is 7.45. The van der Waals surface area contributed by atoms with Gasteiger partial charge >= 0.3 is 6.18 Å². The minimum absolute atomic E-state index is 0.150. The highest BCUT2D eigenvalue weighted by molar-refractivity contribution is 6.11. The monoisotopic (exact) mass is 213 g/mol. The number of nitrogens with zero attached hydrogens (tertiary/aromatic N) is 1. The van der Waals surface area contributed by atoms with Crippen LogP contribution in [0.15, 0.2) is 40.9 Å². The normalized spacial score (nSPS) is 24.7.